The summed E-state index contributed by atoms with van der Waals surface area (Å²) < 4.78 is 0. The zero-order chi connectivity index (χ0) is 17.0. The fourth-order valence-corrected chi connectivity index (χ4v) is 1.95. The number of nitro groups is 1. The summed E-state index contributed by atoms with van der Waals surface area (Å²) in [6.45, 7) is 0. The van der Waals surface area contributed by atoms with Crippen LogP contribution in [0.25, 0.3) is 0 Å². The van der Waals surface area contributed by atoms with Crippen molar-refractivity contribution >= 4 is 52.1 Å². The molecule has 118 valence electrons. The van der Waals surface area contributed by atoms with Crippen LogP contribution in [-0.2, 0) is 9.59 Å². The lowest BCUT2D eigenvalue weighted by atomic mass is 10.2. The van der Waals surface area contributed by atoms with Gasteiger partial charge in [0.1, 0.15) is 5.02 Å². The highest BCUT2D eigenvalue weighted by Crippen LogP contribution is 2.27. The molecule has 0 fully saturated rings. The van der Waals surface area contributed by atoms with E-state index in [2.05, 4.69) is 10.6 Å². The van der Waals surface area contributed by atoms with Gasteiger partial charge in [-0.05, 0) is 36.4 Å². The van der Waals surface area contributed by atoms with Gasteiger partial charge in [-0.1, -0.05) is 23.2 Å². The van der Waals surface area contributed by atoms with Gasteiger partial charge >= 0.3 is 11.8 Å². The number of hydrogen-bond acceptors (Lipinski definition) is 4. The van der Waals surface area contributed by atoms with E-state index in [9.17, 15) is 19.7 Å². The highest BCUT2D eigenvalue weighted by molar-refractivity contribution is 6.43. The van der Waals surface area contributed by atoms with Crippen LogP contribution < -0.4 is 10.6 Å². The standard InChI is InChI=1S/C14H9Cl2N3O4/c15-8-1-3-9(4-2-8)17-13(20)14(21)18-10-5-6-11(16)12(7-10)19(22)23/h1-7H,(H,17,20)(H,18,21). The first kappa shape index (κ1) is 16.7. The van der Waals surface area contributed by atoms with Gasteiger partial charge in [0, 0.05) is 22.5 Å². The number of rotatable bonds is 3. The molecule has 7 nitrogen and oxygen atoms in total. The van der Waals surface area contributed by atoms with Crippen LogP contribution in [0.5, 0.6) is 0 Å². The van der Waals surface area contributed by atoms with Crippen molar-refractivity contribution in [1.82, 2.24) is 0 Å². The lowest BCUT2D eigenvalue weighted by molar-refractivity contribution is -0.384. The van der Waals surface area contributed by atoms with Crippen LogP contribution in [0, 0.1) is 10.1 Å². The molecule has 0 saturated carbocycles. The van der Waals surface area contributed by atoms with Gasteiger partial charge in [0.15, 0.2) is 0 Å². The Morgan fingerprint density at radius 3 is 2.00 bits per heavy atom. The molecule has 0 aromatic heterocycles. The van der Waals surface area contributed by atoms with Gasteiger partial charge in [-0.15, -0.1) is 0 Å². The zero-order valence-electron chi connectivity index (χ0n) is 11.4. The summed E-state index contributed by atoms with van der Waals surface area (Å²) in [7, 11) is 0. The first-order valence-electron chi connectivity index (χ1n) is 6.18. The van der Waals surface area contributed by atoms with Gasteiger partial charge in [0.2, 0.25) is 0 Å². The molecule has 0 bridgehead atoms. The van der Waals surface area contributed by atoms with Crippen LogP contribution in [0.1, 0.15) is 0 Å². The number of hydrogen-bond donors (Lipinski definition) is 2. The second-order valence-corrected chi connectivity index (χ2v) is 5.18. The third-order valence-electron chi connectivity index (χ3n) is 2.71. The Bertz CT molecular complexity index is 778. The number of nitrogens with zero attached hydrogens (tertiary/aromatic N) is 1. The minimum Gasteiger partial charge on any atom is -0.318 e. The number of halogens is 2. The predicted molar refractivity (Wildman–Crippen MR) is 86.8 cm³/mol. The van der Waals surface area contributed by atoms with Crippen molar-refractivity contribution < 1.29 is 14.5 Å². The zero-order valence-corrected chi connectivity index (χ0v) is 12.9. The molecular weight excluding hydrogens is 345 g/mol. The molecule has 0 spiro atoms. The summed E-state index contributed by atoms with van der Waals surface area (Å²) in [5.74, 6) is -1.90. The molecular formula is C14H9Cl2N3O4. The summed E-state index contributed by atoms with van der Waals surface area (Å²) in [6.07, 6.45) is 0. The molecule has 0 saturated heterocycles. The van der Waals surface area contributed by atoms with Crippen molar-refractivity contribution in [2.75, 3.05) is 10.6 Å². The first-order valence-corrected chi connectivity index (χ1v) is 6.94. The van der Waals surface area contributed by atoms with Gasteiger partial charge in [-0.2, -0.15) is 0 Å². The smallest absolute Gasteiger partial charge is 0.314 e. The van der Waals surface area contributed by atoms with Crippen molar-refractivity contribution in [2.24, 2.45) is 0 Å². The van der Waals surface area contributed by atoms with Gasteiger partial charge in [-0.3, -0.25) is 19.7 Å². The molecule has 0 unspecified atom stereocenters. The van der Waals surface area contributed by atoms with Gasteiger partial charge in [-0.25, -0.2) is 0 Å². The number of anilines is 2. The van der Waals surface area contributed by atoms with Crippen molar-refractivity contribution in [3.05, 3.63) is 62.6 Å². The molecule has 2 aromatic rings. The number of nitro benzene ring substituents is 1. The number of benzene rings is 2. The Kier molecular flexibility index (Phi) is 5.15. The average Bonchev–Trinajstić information content (AvgIpc) is 2.51. The van der Waals surface area contributed by atoms with E-state index in [0.717, 1.165) is 6.07 Å². The number of amides is 2. The highest BCUT2D eigenvalue weighted by atomic mass is 35.5. The topological polar surface area (TPSA) is 101 Å². The van der Waals surface area contributed by atoms with E-state index >= 15 is 0 Å². The minimum atomic E-state index is -0.975. The van der Waals surface area contributed by atoms with Gasteiger partial charge in [0.25, 0.3) is 5.69 Å². The molecule has 23 heavy (non-hydrogen) atoms. The molecule has 2 amide bonds. The average molecular weight is 354 g/mol. The second-order valence-electron chi connectivity index (χ2n) is 4.34. The molecule has 0 heterocycles. The second kappa shape index (κ2) is 7.08. The minimum absolute atomic E-state index is 0.0707. The third-order valence-corrected chi connectivity index (χ3v) is 3.28. The third kappa shape index (κ3) is 4.41. The fraction of sp³-hybridized carbons (Fsp3) is 0. The monoisotopic (exact) mass is 353 g/mol. The van der Waals surface area contributed by atoms with Crippen molar-refractivity contribution in [2.45, 2.75) is 0 Å². The Hall–Kier alpha value is -2.64. The van der Waals surface area contributed by atoms with E-state index < -0.39 is 16.7 Å². The van der Waals surface area contributed by atoms with E-state index in [0.29, 0.717) is 10.7 Å². The maximum atomic E-state index is 11.8. The van der Waals surface area contributed by atoms with Crippen molar-refractivity contribution in [1.29, 1.82) is 0 Å². The highest BCUT2D eigenvalue weighted by Gasteiger charge is 2.17. The summed E-state index contributed by atoms with van der Waals surface area (Å²) in [5.41, 5.74) is 0.0940. The summed E-state index contributed by atoms with van der Waals surface area (Å²) in [4.78, 5) is 33.7. The number of nitrogens with one attached hydrogen (secondary N) is 2. The summed E-state index contributed by atoms with van der Waals surface area (Å²) in [6, 6.07) is 9.83. The van der Waals surface area contributed by atoms with Gasteiger partial charge in [0.05, 0.1) is 4.92 Å². The quantitative estimate of drug-likeness (QED) is 0.500. The van der Waals surface area contributed by atoms with E-state index in [1.54, 1.807) is 12.1 Å². The molecule has 2 rings (SSSR count). The van der Waals surface area contributed by atoms with E-state index in [1.165, 1.54) is 24.3 Å². The van der Waals surface area contributed by atoms with Crippen LogP contribution in [0.15, 0.2) is 42.5 Å². The Morgan fingerprint density at radius 2 is 1.43 bits per heavy atom. The van der Waals surface area contributed by atoms with Crippen LogP contribution in [0.4, 0.5) is 17.1 Å². The predicted octanol–water partition coefficient (Wildman–Crippen LogP) is 3.48. The summed E-state index contributed by atoms with van der Waals surface area (Å²) >= 11 is 11.4. The molecule has 0 aliphatic heterocycles. The van der Waals surface area contributed by atoms with E-state index in [1.807, 2.05) is 0 Å². The molecule has 2 aromatic carbocycles. The maximum Gasteiger partial charge on any atom is 0.314 e. The van der Waals surface area contributed by atoms with E-state index in [4.69, 9.17) is 23.2 Å². The lowest BCUT2D eigenvalue weighted by Gasteiger charge is -2.07. The number of carbonyl (C=O) groups excluding carboxylic acids is 2. The van der Waals surface area contributed by atoms with Crippen molar-refractivity contribution in [3.63, 3.8) is 0 Å². The molecule has 0 radical (unpaired) electrons. The van der Waals surface area contributed by atoms with Crippen LogP contribution >= 0.6 is 23.2 Å². The lowest BCUT2D eigenvalue weighted by Crippen LogP contribution is -2.29. The van der Waals surface area contributed by atoms with Gasteiger partial charge < -0.3 is 10.6 Å². The van der Waals surface area contributed by atoms with E-state index in [-0.39, 0.29) is 16.4 Å². The van der Waals surface area contributed by atoms with Crippen molar-refractivity contribution in [3.8, 4) is 0 Å². The first-order chi connectivity index (χ1) is 10.9. The molecule has 2 N–H and O–H groups in total. The Labute approximate surface area is 140 Å². The Morgan fingerprint density at radius 1 is 0.913 bits per heavy atom. The molecule has 0 aliphatic rings. The van der Waals surface area contributed by atoms with Crippen LogP contribution in [0.3, 0.4) is 0 Å². The Balaban J connectivity index is 2.06. The maximum absolute atomic E-state index is 11.8. The fourth-order valence-electron chi connectivity index (χ4n) is 1.64. The molecule has 9 heteroatoms. The van der Waals surface area contributed by atoms with Crippen LogP contribution in [0.2, 0.25) is 10.0 Å². The normalized spacial score (nSPS) is 10.0. The van der Waals surface area contributed by atoms with Crippen LogP contribution in [-0.4, -0.2) is 16.7 Å². The largest absolute Gasteiger partial charge is 0.318 e. The SMILES string of the molecule is O=C(Nc1ccc(Cl)cc1)C(=O)Nc1ccc(Cl)c([N+](=O)[O-])c1. The molecule has 0 atom stereocenters. The molecule has 0 aliphatic carbocycles. The number of carbonyl (C=O) groups is 2. The summed E-state index contributed by atoms with van der Waals surface area (Å²) in [5, 5.41) is 15.8.